The fourth-order valence-electron chi connectivity index (χ4n) is 3.27. The summed E-state index contributed by atoms with van der Waals surface area (Å²) in [6.07, 6.45) is 1.68. The first-order valence-corrected chi connectivity index (χ1v) is 8.42. The van der Waals surface area contributed by atoms with E-state index in [1.165, 1.54) is 0 Å². The molecule has 0 spiro atoms. The van der Waals surface area contributed by atoms with Gasteiger partial charge in [0.2, 0.25) is 0 Å². The number of hydrogen-bond acceptors (Lipinski definition) is 3. The number of hydrogen-bond donors (Lipinski definition) is 1. The van der Waals surface area contributed by atoms with Gasteiger partial charge in [0.1, 0.15) is 5.60 Å². The average molecular weight is 311 g/mol. The second-order valence-electron chi connectivity index (χ2n) is 6.15. The smallest absolute Gasteiger partial charge is 0.115 e. The average Bonchev–Trinajstić information content (AvgIpc) is 2.64. The van der Waals surface area contributed by atoms with E-state index in [1.54, 1.807) is 0 Å². The van der Waals surface area contributed by atoms with E-state index in [9.17, 15) is 5.11 Å². The van der Waals surface area contributed by atoms with E-state index in [0.29, 0.717) is 0 Å². The standard InChI is InChI=1S/C20H25NO2/c22-20(18-8-3-1-4-9-18,19-10-5-2-6-11-19)12-7-13-21-14-16-23-17-15-21/h1-6,8-11,22H,7,12-17H2. The SMILES string of the molecule is OC(CCCN1CCOCC1)(c1ccccc1)c1ccccc1. The minimum absolute atomic E-state index is 0.721. The van der Waals surface area contributed by atoms with Gasteiger partial charge in [0.05, 0.1) is 13.2 Å². The summed E-state index contributed by atoms with van der Waals surface area (Å²) in [5.74, 6) is 0. The molecule has 122 valence electrons. The Labute approximate surface area is 138 Å². The molecule has 1 aliphatic rings. The van der Waals surface area contributed by atoms with Crippen molar-refractivity contribution in [3.05, 3.63) is 71.8 Å². The summed E-state index contributed by atoms with van der Waals surface area (Å²) >= 11 is 0. The van der Waals surface area contributed by atoms with Crippen LogP contribution in [-0.2, 0) is 10.3 Å². The second kappa shape index (κ2) is 7.73. The van der Waals surface area contributed by atoms with Gasteiger partial charge in [0.15, 0.2) is 0 Å². The van der Waals surface area contributed by atoms with E-state index in [1.807, 2.05) is 60.7 Å². The molecule has 0 saturated carbocycles. The van der Waals surface area contributed by atoms with Crippen LogP contribution in [0.25, 0.3) is 0 Å². The van der Waals surface area contributed by atoms with Crippen molar-refractivity contribution in [1.29, 1.82) is 0 Å². The Kier molecular flexibility index (Phi) is 5.44. The molecule has 3 rings (SSSR count). The molecule has 1 N–H and O–H groups in total. The summed E-state index contributed by atoms with van der Waals surface area (Å²) in [5.41, 5.74) is 1.01. The molecule has 0 aliphatic carbocycles. The molecule has 23 heavy (non-hydrogen) atoms. The molecule has 0 atom stereocenters. The van der Waals surface area contributed by atoms with Gasteiger partial charge in [0, 0.05) is 13.1 Å². The third-order valence-corrected chi connectivity index (χ3v) is 4.62. The zero-order valence-corrected chi connectivity index (χ0v) is 13.5. The first-order valence-electron chi connectivity index (χ1n) is 8.42. The van der Waals surface area contributed by atoms with Crippen molar-refractivity contribution in [3.8, 4) is 0 Å². The number of aliphatic hydroxyl groups is 1. The first-order chi connectivity index (χ1) is 11.3. The van der Waals surface area contributed by atoms with Gasteiger partial charge in [-0.05, 0) is 30.5 Å². The lowest BCUT2D eigenvalue weighted by molar-refractivity contribution is 0.0287. The van der Waals surface area contributed by atoms with Crippen molar-refractivity contribution >= 4 is 0 Å². The van der Waals surface area contributed by atoms with Crippen molar-refractivity contribution in [1.82, 2.24) is 4.90 Å². The van der Waals surface area contributed by atoms with Crippen LogP contribution in [0.3, 0.4) is 0 Å². The van der Waals surface area contributed by atoms with Gasteiger partial charge in [-0.25, -0.2) is 0 Å². The Bertz CT molecular complexity index is 540. The predicted octanol–water partition coefficient (Wildman–Crippen LogP) is 3.03. The Morgan fingerprint density at radius 1 is 0.870 bits per heavy atom. The van der Waals surface area contributed by atoms with Crippen LogP contribution in [-0.4, -0.2) is 42.9 Å². The molecule has 3 nitrogen and oxygen atoms in total. The number of nitrogens with zero attached hydrogens (tertiary/aromatic N) is 1. The largest absolute Gasteiger partial charge is 0.380 e. The third kappa shape index (κ3) is 3.99. The predicted molar refractivity (Wildman–Crippen MR) is 92.4 cm³/mol. The highest BCUT2D eigenvalue weighted by molar-refractivity contribution is 5.35. The second-order valence-corrected chi connectivity index (χ2v) is 6.15. The van der Waals surface area contributed by atoms with Crippen LogP contribution < -0.4 is 0 Å². The summed E-state index contributed by atoms with van der Waals surface area (Å²) in [4.78, 5) is 2.42. The maximum Gasteiger partial charge on any atom is 0.115 e. The van der Waals surface area contributed by atoms with Gasteiger partial charge in [-0.15, -0.1) is 0 Å². The molecule has 2 aromatic rings. The van der Waals surface area contributed by atoms with E-state index in [-0.39, 0.29) is 0 Å². The van der Waals surface area contributed by atoms with Crippen LogP contribution in [0.2, 0.25) is 0 Å². The maximum absolute atomic E-state index is 11.4. The fraction of sp³-hybridized carbons (Fsp3) is 0.400. The van der Waals surface area contributed by atoms with Crippen LogP contribution in [0.4, 0.5) is 0 Å². The molecule has 1 saturated heterocycles. The Morgan fingerprint density at radius 3 is 1.91 bits per heavy atom. The number of rotatable bonds is 6. The minimum atomic E-state index is -0.922. The highest BCUT2D eigenvalue weighted by Crippen LogP contribution is 2.34. The molecule has 0 bridgehead atoms. The molecular weight excluding hydrogens is 286 g/mol. The molecule has 0 amide bonds. The van der Waals surface area contributed by atoms with Crippen molar-refractivity contribution < 1.29 is 9.84 Å². The van der Waals surface area contributed by atoms with Crippen LogP contribution in [0, 0.1) is 0 Å². The normalized spacial score (nSPS) is 16.4. The quantitative estimate of drug-likeness (QED) is 0.890. The number of benzene rings is 2. The molecule has 1 aliphatic heterocycles. The zero-order chi connectivity index (χ0) is 16.0. The molecule has 0 unspecified atom stereocenters. The monoisotopic (exact) mass is 311 g/mol. The van der Waals surface area contributed by atoms with E-state index in [2.05, 4.69) is 4.90 Å². The Balaban J connectivity index is 1.73. The Morgan fingerprint density at radius 2 is 1.39 bits per heavy atom. The summed E-state index contributed by atoms with van der Waals surface area (Å²) in [7, 11) is 0. The van der Waals surface area contributed by atoms with Gasteiger partial charge < -0.3 is 9.84 Å². The van der Waals surface area contributed by atoms with E-state index in [0.717, 1.165) is 56.8 Å². The van der Waals surface area contributed by atoms with Crippen LogP contribution in [0.5, 0.6) is 0 Å². The summed E-state index contributed by atoms with van der Waals surface area (Å²) in [6.45, 7) is 4.64. The molecule has 0 aromatic heterocycles. The minimum Gasteiger partial charge on any atom is -0.380 e. The lowest BCUT2D eigenvalue weighted by atomic mass is 9.82. The maximum atomic E-state index is 11.4. The molecule has 3 heteroatoms. The molecule has 2 aromatic carbocycles. The van der Waals surface area contributed by atoms with Crippen LogP contribution >= 0.6 is 0 Å². The highest BCUT2D eigenvalue weighted by Gasteiger charge is 2.30. The van der Waals surface area contributed by atoms with Crippen molar-refractivity contribution in [3.63, 3.8) is 0 Å². The lowest BCUT2D eigenvalue weighted by Gasteiger charge is -2.32. The summed E-state index contributed by atoms with van der Waals surface area (Å²) < 4.78 is 5.39. The van der Waals surface area contributed by atoms with Crippen LogP contribution in [0.15, 0.2) is 60.7 Å². The first kappa shape index (κ1) is 16.2. The van der Waals surface area contributed by atoms with Gasteiger partial charge in [-0.2, -0.15) is 0 Å². The number of morpholine rings is 1. The van der Waals surface area contributed by atoms with Gasteiger partial charge >= 0.3 is 0 Å². The van der Waals surface area contributed by atoms with Crippen molar-refractivity contribution in [2.45, 2.75) is 18.4 Å². The topological polar surface area (TPSA) is 32.7 Å². The lowest BCUT2D eigenvalue weighted by Crippen LogP contribution is -2.37. The van der Waals surface area contributed by atoms with Crippen molar-refractivity contribution in [2.75, 3.05) is 32.8 Å². The highest BCUT2D eigenvalue weighted by atomic mass is 16.5. The van der Waals surface area contributed by atoms with Gasteiger partial charge in [-0.3, -0.25) is 4.90 Å². The number of ether oxygens (including phenoxy) is 1. The zero-order valence-electron chi connectivity index (χ0n) is 13.5. The van der Waals surface area contributed by atoms with Gasteiger partial charge in [-0.1, -0.05) is 60.7 Å². The van der Waals surface area contributed by atoms with E-state index < -0.39 is 5.60 Å². The molecular formula is C20H25NO2. The van der Waals surface area contributed by atoms with Crippen LogP contribution in [0.1, 0.15) is 24.0 Å². The summed E-state index contributed by atoms with van der Waals surface area (Å²) in [5, 5.41) is 11.4. The molecule has 1 heterocycles. The third-order valence-electron chi connectivity index (χ3n) is 4.62. The van der Waals surface area contributed by atoms with E-state index in [4.69, 9.17) is 4.74 Å². The van der Waals surface area contributed by atoms with Crippen molar-refractivity contribution in [2.24, 2.45) is 0 Å². The fourth-order valence-corrected chi connectivity index (χ4v) is 3.27. The molecule has 0 radical (unpaired) electrons. The Hall–Kier alpha value is -1.68. The van der Waals surface area contributed by atoms with E-state index >= 15 is 0 Å². The summed E-state index contributed by atoms with van der Waals surface area (Å²) in [6, 6.07) is 20.0. The van der Waals surface area contributed by atoms with Gasteiger partial charge in [0.25, 0.3) is 0 Å². The molecule has 1 fully saturated rings.